The molecule has 0 aromatic rings. The zero-order valence-electron chi connectivity index (χ0n) is 8.49. The third-order valence-corrected chi connectivity index (χ3v) is 2.75. The number of hydrogen-bond acceptors (Lipinski definition) is 3. The summed E-state index contributed by atoms with van der Waals surface area (Å²) in [5, 5.41) is 0. The van der Waals surface area contributed by atoms with Gasteiger partial charge in [0.1, 0.15) is 0 Å². The van der Waals surface area contributed by atoms with Gasteiger partial charge in [0, 0.05) is 32.7 Å². The minimum Gasteiger partial charge on any atom is -0.343 e. The summed E-state index contributed by atoms with van der Waals surface area (Å²) in [5.41, 5.74) is 5.63. The van der Waals surface area contributed by atoms with E-state index in [1.54, 1.807) is 4.90 Å². The van der Waals surface area contributed by atoms with Crippen LogP contribution in [-0.4, -0.2) is 55.0 Å². The quantitative estimate of drug-likeness (QED) is 0.645. The molecule has 1 saturated heterocycles. The van der Waals surface area contributed by atoms with Crippen LogP contribution < -0.4 is 5.73 Å². The van der Waals surface area contributed by atoms with Gasteiger partial charge >= 0.3 is 0 Å². The van der Waals surface area contributed by atoms with Gasteiger partial charge in [-0.25, -0.2) is 0 Å². The highest BCUT2D eigenvalue weighted by atomic mass is 16.2. The van der Waals surface area contributed by atoms with Crippen molar-refractivity contribution in [2.45, 2.75) is 19.4 Å². The van der Waals surface area contributed by atoms with Gasteiger partial charge in [0.05, 0.1) is 6.54 Å². The molecule has 0 aromatic carbocycles. The number of rotatable bonds is 3. The van der Waals surface area contributed by atoms with E-state index in [-0.39, 0.29) is 5.91 Å². The lowest BCUT2D eigenvalue weighted by Crippen LogP contribution is -2.53. The largest absolute Gasteiger partial charge is 0.343 e. The summed E-state index contributed by atoms with van der Waals surface area (Å²) < 4.78 is 0. The summed E-state index contributed by atoms with van der Waals surface area (Å²) in [6.07, 6.45) is 1.02. The van der Waals surface area contributed by atoms with Crippen molar-refractivity contribution in [1.82, 2.24) is 9.80 Å². The van der Waals surface area contributed by atoms with E-state index in [9.17, 15) is 4.79 Å². The zero-order chi connectivity index (χ0) is 9.84. The molecule has 0 spiro atoms. The molecule has 1 heterocycles. The van der Waals surface area contributed by atoms with Crippen LogP contribution in [-0.2, 0) is 4.79 Å². The third kappa shape index (κ3) is 2.42. The van der Waals surface area contributed by atoms with Crippen molar-refractivity contribution in [3.05, 3.63) is 0 Å². The fraction of sp³-hybridized carbons (Fsp3) is 0.889. The monoisotopic (exact) mass is 185 g/mol. The lowest BCUT2D eigenvalue weighted by Gasteiger charge is -2.36. The Labute approximate surface area is 79.7 Å². The van der Waals surface area contributed by atoms with E-state index in [1.165, 1.54) is 0 Å². The van der Waals surface area contributed by atoms with Crippen molar-refractivity contribution in [3.63, 3.8) is 0 Å². The summed E-state index contributed by atoms with van der Waals surface area (Å²) in [5.74, 6) is 0.207. The first-order valence-electron chi connectivity index (χ1n) is 4.87. The molecule has 13 heavy (non-hydrogen) atoms. The van der Waals surface area contributed by atoms with Gasteiger partial charge in [0.15, 0.2) is 0 Å². The Kier molecular flexibility index (Phi) is 3.69. The topological polar surface area (TPSA) is 49.6 Å². The van der Waals surface area contributed by atoms with Crippen LogP contribution in [0.15, 0.2) is 0 Å². The van der Waals surface area contributed by atoms with Crippen LogP contribution in [0.2, 0.25) is 0 Å². The maximum atomic E-state index is 11.4. The maximum absolute atomic E-state index is 11.4. The maximum Gasteiger partial charge on any atom is 0.236 e. The van der Waals surface area contributed by atoms with E-state index in [0.29, 0.717) is 19.1 Å². The van der Waals surface area contributed by atoms with Crippen LogP contribution in [0, 0.1) is 0 Å². The van der Waals surface area contributed by atoms with Gasteiger partial charge in [-0.2, -0.15) is 0 Å². The molecule has 0 bridgehead atoms. The van der Waals surface area contributed by atoms with Gasteiger partial charge < -0.3 is 10.6 Å². The second kappa shape index (κ2) is 4.58. The highest BCUT2D eigenvalue weighted by Crippen LogP contribution is 2.07. The lowest BCUT2D eigenvalue weighted by molar-refractivity contribution is -0.135. The molecule has 1 amide bonds. The molecular weight excluding hydrogens is 166 g/mol. The third-order valence-electron chi connectivity index (χ3n) is 2.75. The second-order valence-electron chi connectivity index (χ2n) is 3.58. The van der Waals surface area contributed by atoms with Gasteiger partial charge in [-0.15, -0.1) is 0 Å². The molecule has 4 heteroatoms. The summed E-state index contributed by atoms with van der Waals surface area (Å²) >= 11 is 0. The number of nitrogens with two attached hydrogens (primary N) is 1. The van der Waals surface area contributed by atoms with Crippen LogP contribution in [0.4, 0.5) is 0 Å². The molecule has 1 aliphatic rings. The summed E-state index contributed by atoms with van der Waals surface area (Å²) in [6, 6.07) is 0.373. The van der Waals surface area contributed by atoms with Gasteiger partial charge in [-0.05, 0) is 6.42 Å². The standard InChI is InChI=1S/C9H19N3O/c1-3-8(6-10)12-5-4-11(2)9(13)7-12/h8H,3-7,10H2,1-2H3. The molecule has 1 unspecified atom stereocenters. The van der Waals surface area contributed by atoms with Crippen molar-refractivity contribution < 1.29 is 4.79 Å². The molecule has 0 aromatic heterocycles. The first-order valence-corrected chi connectivity index (χ1v) is 4.87. The van der Waals surface area contributed by atoms with E-state index >= 15 is 0 Å². The minimum absolute atomic E-state index is 0.207. The smallest absolute Gasteiger partial charge is 0.236 e. The number of amides is 1. The number of hydrogen-bond donors (Lipinski definition) is 1. The van der Waals surface area contributed by atoms with Crippen molar-refractivity contribution in [2.24, 2.45) is 5.73 Å². The van der Waals surface area contributed by atoms with Crippen LogP contribution in [0.5, 0.6) is 0 Å². The highest BCUT2D eigenvalue weighted by molar-refractivity contribution is 5.78. The summed E-state index contributed by atoms with van der Waals surface area (Å²) in [4.78, 5) is 15.3. The van der Waals surface area contributed by atoms with Crippen molar-refractivity contribution in [3.8, 4) is 0 Å². The highest BCUT2D eigenvalue weighted by Gasteiger charge is 2.24. The zero-order valence-corrected chi connectivity index (χ0v) is 8.49. The number of carbonyl (C=O) groups excluding carboxylic acids is 1. The average Bonchev–Trinajstić information content (AvgIpc) is 2.13. The Bertz CT molecular complexity index is 180. The molecule has 1 aliphatic heterocycles. The predicted octanol–water partition coefficient (Wildman–Crippen LogP) is -0.502. The fourth-order valence-electron chi connectivity index (χ4n) is 1.66. The molecule has 4 nitrogen and oxygen atoms in total. The molecule has 0 radical (unpaired) electrons. The molecule has 0 saturated carbocycles. The van der Waals surface area contributed by atoms with Crippen molar-refractivity contribution in [2.75, 3.05) is 33.2 Å². The average molecular weight is 185 g/mol. The van der Waals surface area contributed by atoms with Crippen LogP contribution in [0.25, 0.3) is 0 Å². The van der Waals surface area contributed by atoms with E-state index in [0.717, 1.165) is 19.5 Å². The number of nitrogens with zero attached hydrogens (tertiary/aromatic N) is 2. The Hall–Kier alpha value is -0.610. The minimum atomic E-state index is 0.207. The summed E-state index contributed by atoms with van der Waals surface area (Å²) in [7, 11) is 1.85. The van der Waals surface area contributed by atoms with Crippen LogP contribution in [0.3, 0.4) is 0 Å². The van der Waals surface area contributed by atoms with E-state index in [2.05, 4.69) is 11.8 Å². The molecule has 76 valence electrons. The first-order chi connectivity index (χ1) is 6.19. The Balaban J connectivity index is 2.48. The van der Waals surface area contributed by atoms with E-state index in [1.807, 2.05) is 7.05 Å². The number of carbonyl (C=O) groups is 1. The van der Waals surface area contributed by atoms with Crippen molar-refractivity contribution in [1.29, 1.82) is 0 Å². The van der Waals surface area contributed by atoms with Gasteiger partial charge in [-0.1, -0.05) is 6.92 Å². The predicted molar refractivity (Wildman–Crippen MR) is 52.3 cm³/mol. The van der Waals surface area contributed by atoms with E-state index < -0.39 is 0 Å². The number of piperazine rings is 1. The molecule has 0 aliphatic carbocycles. The Morgan fingerprint density at radius 2 is 2.23 bits per heavy atom. The van der Waals surface area contributed by atoms with Gasteiger partial charge in [-0.3, -0.25) is 9.69 Å². The second-order valence-corrected chi connectivity index (χ2v) is 3.58. The number of likely N-dealkylation sites (N-methyl/N-ethyl adjacent to an activating group) is 1. The van der Waals surface area contributed by atoms with Gasteiger partial charge in [0.25, 0.3) is 0 Å². The fourth-order valence-corrected chi connectivity index (χ4v) is 1.66. The Morgan fingerprint density at radius 1 is 1.54 bits per heavy atom. The summed E-state index contributed by atoms with van der Waals surface area (Å²) in [6.45, 7) is 5.08. The molecule has 2 N–H and O–H groups in total. The van der Waals surface area contributed by atoms with Gasteiger partial charge in [0.2, 0.25) is 5.91 Å². The van der Waals surface area contributed by atoms with Crippen LogP contribution in [0.1, 0.15) is 13.3 Å². The first kappa shape index (κ1) is 10.5. The molecule has 1 atom stereocenters. The normalized spacial score (nSPS) is 22.1. The molecule has 1 rings (SSSR count). The van der Waals surface area contributed by atoms with E-state index in [4.69, 9.17) is 5.73 Å². The Morgan fingerprint density at radius 3 is 2.69 bits per heavy atom. The van der Waals surface area contributed by atoms with Crippen molar-refractivity contribution >= 4 is 5.91 Å². The SMILES string of the molecule is CCC(CN)N1CCN(C)C(=O)C1. The molecule has 1 fully saturated rings. The lowest BCUT2D eigenvalue weighted by atomic mass is 10.1. The molecular formula is C9H19N3O. The van der Waals surface area contributed by atoms with Crippen LogP contribution >= 0.6 is 0 Å².